The number of hydrogen-bond donors (Lipinski definition) is 2. The number of hydrogen-bond acceptors (Lipinski definition) is 10. The number of aromatic hydroxyl groups is 1. The maximum absolute atomic E-state index is 10.8. The zero-order valence-electron chi connectivity index (χ0n) is 21.1. The highest BCUT2D eigenvalue weighted by Gasteiger charge is 2.51. The highest BCUT2D eigenvalue weighted by molar-refractivity contribution is 5.71. The van der Waals surface area contributed by atoms with Crippen molar-refractivity contribution < 1.29 is 14.6 Å². The van der Waals surface area contributed by atoms with Crippen molar-refractivity contribution in [3.05, 3.63) is 30.6 Å². The molecule has 2 N–H and O–H groups in total. The van der Waals surface area contributed by atoms with Crippen molar-refractivity contribution in [3.8, 4) is 40.2 Å². The lowest BCUT2D eigenvalue weighted by atomic mass is 9.84. The van der Waals surface area contributed by atoms with E-state index < -0.39 is 0 Å². The van der Waals surface area contributed by atoms with E-state index in [4.69, 9.17) is 9.47 Å². The van der Waals surface area contributed by atoms with Crippen LogP contribution in [0.25, 0.3) is 22.6 Å². The topological polar surface area (TPSA) is 118 Å². The lowest BCUT2D eigenvalue weighted by molar-refractivity contribution is 0.157. The normalized spacial score (nSPS) is 28.2. The van der Waals surface area contributed by atoms with E-state index in [0.29, 0.717) is 59.7 Å². The fraction of sp³-hybridized carbons (Fsp3) is 0.519. The van der Waals surface area contributed by atoms with Crippen molar-refractivity contribution in [1.82, 2.24) is 30.5 Å². The van der Waals surface area contributed by atoms with E-state index >= 15 is 0 Å². The van der Waals surface area contributed by atoms with Gasteiger partial charge in [0.1, 0.15) is 19.0 Å². The first kappa shape index (κ1) is 22.7. The van der Waals surface area contributed by atoms with Crippen LogP contribution in [0.4, 0.5) is 5.82 Å². The van der Waals surface area contributed by atoms with E-state index in [2.05, 4.69) is 49.2 Å². The molecule has 0 amide bonds. The first-order chi connectivity index (χ1) is 17.9. The predicted octanol–water partition coefficient (Wildman–Crippen LogP) is 3.50. The van der Waals surface area contributed by atoms with Gasteiger partial charge in [-0.05, 0) is 64.5 Å². The molecule has 1 aromatic carbocycles. The quantitative estimate of drug-likeness (QED) is 0.538. The van der Waals surface area contributed by atoms with Crippen LogP contribution in [0, 0.1) is 0 Å². The van der Waals surface area contributed by atoms with Crippen LogP contribution in [-0.2, 0) is 0 Å². The molecule has 37 heavy (non-hydrogen) atoms. The van der Waals surface area contributed by atoms with Gasteiger partial charge in [0.05, 0.1) is 23.7 Å². The number of fused-ring (bicyclic) bond motifs is 3. The molecule has 3 aliphatic heterocycles. The first-order valence-electron chi connectivity index (χ1n) is 13.1. The minimum Gasteiger partial charge on any atom is -0.507 e. The zero-order chi connectivity index (χ0) is 25.2. The van der Waals surface area contributed by atoms with Crippen LogP contribution < -0.4 is 19.7 Å². The molecule has 0 radical (unpaired) electrons. The van der Waals surface area contributed by atoms with Gasteiger partial charge in [-0.2, -0.15) is 0 Å². The molecule has 10 heteroatoms. The number of nitrogens with one attached hydrogen (secondary N) is 1. The van der Waals surface area contributed by atoms with E-state index in [9.17, 15) is 5.11 Å². The van der Waals surface area contributed by atoms with Crippen molar-refractivity contribution in [2.75, 3.05) is 18.1 Å². The summed E-state index contributed by atoms with van der Waals surface area (Å²) in [5.74, 6) is 2.02. The number of piperidine rings is 1. The summed E-state index contributed by atoms with van der Waals surface area (Å²) in [7, 11) is 0. The second-order valence-electron chi connectivity index (χ2n) is 11.4. The van der Waals surface area contributed by atoms with Crippen molar-refractivity contribution in [1.29, 1.82) is 0 Å². The number of anilines is 1. The van der Waals surface area contributed by atoms with Gasteiger partial charge in [0, 0.05) is 28.7 Å². The van der Waals surface area contributed by atoms with Gasteiger partial charge in [0.25, 0.3) is 11.8 Å². The molecule has 3 fully saturated rings. The smallest absolute Gasteiger partial charge is 0.278 e. The Labute approximate surface area is 215 Å². The molecule has 192 valence electrons. The Morgan fingerprint density at radius 1 is 0.946 bits per heavy atom. The van der Waals surface area contributed by atoms with Crippen LogP contribution >= 0.6 is 0 Å². The van der Waals surface area contributed by atoms with E-state index in [1.165, 1.54) is 25.7 Å². The molecule has 0 spiro atoms. The summed E-state index contributed by atoms with van der Waals surface area (Å²) in [5, 5.41) is 23.7. The van der Waals surface area contributed by atoms with Crippen LogP contribution in [0.1, 0.15) is 52.4 Å². The summed E-state index contributed by atoms with van der Waals surface area (Å²) >= 11 is 0. The summed E-state index contributed by atoms with van der Waals surface area (Å²) in [6, 6.07) is 6.21. The maximum Gasteiger partial charge on any atom is 0.278 e. The van der Waals surface area contributed by atoms with E-state index in [-0.39, 0.29) is 16.8 Å². The number of phenols is 1. The zero-order valence-corrected chi connectivity index (χ0v) is 21.1. The predicted molar refractivity (Wildman–Crippen MR) is 137 cm³/mol. The molecule has 2 aromatic heterocycles. The third kappa shape index (κ3) is 4.13. The monoisotopic (exact) mass is 501 g/mol. The van der Waals surface area contributed by atoms with Gasteiger partial charge in [-0.1, -0.05) is 6.07 Å². The number of nitrogens with zero attached hydrogens (tertiary/aromatic N) is 6. The molecular weight excluding hydrogens is 470 g/mol. The number of ether oxygens (including phenoxy) is 2. The Morgan fingerprint density at radius 3 is 2.38 bits per heavy atom. The Hall–Kier alpha value is -3.53. The molecule has 1 unspecified atom stereocenters. The summed E-state index contributed by atoms with van der Waals surface area (Å²) in [6.45, 7) is 5.60. The van der Waals surface area contributed by atoms with Crippen molar-refractivity contribution in [2.45, 2.75) is 75.5 Å². The van der Waals surface area contributed by atoms with E-state index in [0.717, 1.165) is 18.7 Å². The van der Waals surface area contributed by atoms with E-state index in [1.54, 1.807) is 18.3 Å². The molecule has 4 aliphatic rings. The molecule has 2 saturated heterocycles. The Balaban J connectivity index is 1.14. The van der Waals surface area contributed by atoms with Gasteiger partial charge in [0.15, 0.2) is 11.6 Å². The Bertz CT molecular complexity index is 1330. The minimum absolute atomic E-state index is 0.0542. The lowest BCUT2D eigenvalue weighted by Gasteiger charge is -2.46. The summed E-state index contributed by atoms with van der Waals surface area (Å²) in [6.07, 6.45) is 10.4. The fourth-order valence-electron chi connectivity index (χ4n) is 6.41. The van der Waals surface area contributed by atoms with Gasteiger partial charge in [-0.3, -0.25) is 0 Å². The highest BCUT2D eigenvalue weighted by atomic mass is 16.6. The molecule has 7 rings (SSSR count). The summed E-state index contributed by atoms with van der Waals surface area (Å²) in [4.78, 5) is 15.8. The summed E-state index contributed by atoms with van der Waals surface area (Å²) in [5.41, 5.74) is 2.17. The van der Waals surface area contributed by atoms with E-state index in [1.807, 2.05) is 12.3 Å². The van der Waals surface area contributed by atoms with Crippen LogP contribution in [0.2, 0.25) is 0 Å². The highest BCUT2D eigenvalue weighted by Crippen LogP contribution is 2.46. The average Bonchev–Trinajstić information content (AvgIpc) is 3.69. The van der Waals surface area contributed by atoms with Crippen molar-refractivity contribution >= 4 is 5.82 Å². The lowest BCUT2D eigenvalue weighted by Crippen LogP contribution is -2.59. The molecule has 1 aliphatic carbocycles. The Morgan fingerprint density at radius 2 is 1.70 bits per heavy atom. The molecular formula is C27H31N7O3. The minimum atomic E-state index is 0.0542. The van der Waals surface area contributed by atoms with Gasteiger partial charge in [-0.15, -0.1) is 10.2 Å². The van der Waals surface area contributed by atoms with Gasteiger partial charge < -0.3 is 24.8 Å². The number of rotatable bonds is 5. The van der Waals surface area contributed by atoms with Crippen LogP contribution in [0.15, 0.2) is 30.6 Å². The number of phenolic OH excluding ortho intramolecular Hbond substituents is 1. The van der Waals surface area contributed by atoms with Crippen LogP contribution in [-0.4, -0.2) is 66.6 Å². The Kier molecular flexibility index (Phi) is 5.04. The van der Waals surface area contributed by atoms with Gasteiger partial charge in [-0.25, -0.2) is 15.0 Å². The maximum atomic E-state index is 10.8. The van der Waals surface area contributed by atoms with Crippen LogP contribution in [0.3, 0.4) is 0 Å². The molecule has 10 nitrogen and oxygen atoms in total. The van der Waals surface area contributed by atoms with Gasteiger partial charge in [0.2, 0.25) is 0 Å². The summed E-state index contributed by atoms with van der Waals surface area (Å²) < 4.78 is 11.0. The molecule has 5 heterocycles. The number of aromatic nitrogens is 5. The van der Waals surface area contributed by atoms with Crippen LogP contribution in [0.5, 0.6) is 17.5 Å². The van der Waals surface area contributed by atoms with Crippen molar-refractivity contribution in [2.24, 2.45) is 0 Å². The third-order valence-electron chi connectivity index (χ3n) is 8.16. The number of benzene rings is 1. The van der Waals surface area contributed by atoms with Gasteiger partial charge >= 0.3 is 0 Å². The fourth-order valence-corrected chi connectivity index (χ4v) is 6.41. The second kappa shape index (κ2) is 8.24. The third-order valence-corrected chi connectivity index (χ3v) is 8.16. The van der Waals surface area contributed by atoms with Crippen molar-refractivity contribution in [3.63, 3.8) is 0 Å². The standard InChI is InChI=1S/C27H31N7O3/c1-26-7-8-27(2,33-26)13-18(12-26)34(17-4-5-17)22-15-28-23(32-31-22)19-6-3-16(11-21(19)35)20-14-29-24-25(30-20)37-10-9-36-24/h3,6,11,14-15,17-18,33,35H,4-5,7-10,12-13H2,1-2H3/t18?,26-,27+. The molecule has 3 atom stereocenters. The average molecular weight is 502 g/mol. The SMILES string of the molecule is C[C@]12CC[C@](C)(CC(N(c3cnc(-c4ccc(-c5cnc6c(n5)OCCO6)cc4O)nn3)C3CC3)C1)N2. The molecule has 1 saturated carbocycles. The largest absolute Gasteiger partial charge is 0.507 e. The molecule has 3 aromatic rings. The second-order valence-corrected chi connectivity index (χ2v) is 11.4. The first-order valence-corrected chi connectivity index (χ1v) is 13.1. The molecule has 2 bridgehead atoms.